The first-order valence-corrected chi connectivity index (χ1v) is 10.4. The first kappa shape index (κ1) is 21.5. The number of imide groups is 1. The molecule has 164 valence electrons. The predicted molar refractivity (Wildman–Crippen MR) is 117 cm³/mol. The number of anilines is 2. The van der Waals surface area contributed by atoms with Gasteiger partial charge in [0.15, 0.2) is 0 Å². The Balaban J connectivity index is 1.57. The number of benzene rings is 3. The minimum atomic E-state index is -0.460. The van der Waals surface area contributed by atoms with Gasteiger partial charge in [-0.1, -0.05) is 24.6 Å². The predicted octanol–water partition coefficient (Wildman–Crippen LogP) is 4.38. The van der Waals surface area contributed by atoms with Crippen molar-refractivity contribution < 1.29 is 24.0 Å². The van der Waals surface area contributed by atoms with Crippen molar-refractivity contribution in [1.29, 1.82) is 0 Å². The molecule has 1 aliphatic heterocycles. The molecule has 0 atom stereocenters. The highest BCUT2D eigenvalue weighted by molar-refractivity contribution is 6.26. The van der Waals surface area contributed by atoms with Crippen LogP contribution in [0.2, 0.25) is 0 Å². The van der Waals surface area contributed by atoms with Crippen molar-refractivity contribution in [2.45, 2.75) is 25.7 Å². The number of hydrogen-bond acceptors (Lipinski definition) is 5. The number of amides is 3. The van der Waals surface area contributed by atoms with Crippen molar-refractivity contribution in [3.8, 4) is 0 Å². The Morgan fingerprint density at radius 3 is 2.44 bits per heavy atom. The SMILES string of the molecule is O=C(CCCCCN1C(=O)c2cccc3c(Nc4cccc(F)c4)ccc(c23)C1=O)NO. The Bertz CT molecular complexity index is 1190. The molecule has 3 aromatic rings. The van der Waals surface area contributed by atoms with Crippen molar-refractivity contribution in [3.63, 3.8) is 0 Å². The number of nitrogens with one attached hydrogen (secondary N) is 2. The summed E-state index contributed by atoms with van der Waals surface area (Å²) in [6.07, 6.45) is 1.92. The lowest BCUT2D eigenvalue weighted by atomic mass is 9.92. The monoisotopic (exact) mass is 435 g/mol. The molecule has 32 heavy (non-hydrogen) atoms. The summed E-state index contributed by atoms with van der Waals surface area (Å²) in [4.78, 5) is 38.5. The molecule has 7 nitrogen and oxygen atoms in total. The minimum Gasteiger partial charge on any atom is -0.355 e. The Morgan fingerprint density at radius 2 is 1.69 bits per heavy atom. The van der Waals surface area contributed by atoms with Crippen molar-refractivity contribution in [2.24, 2.45) is 0 Å². The normalized spacial score (nSPS) is 12.9. The van der Waals surface area contributed by atoms with E-state index in [4.69, 9.17) is 5.21 Å². The lowest BCUT2D eigenvalue weighted by Gasteiger charge is -2.28. The summed E-state index contributed by atoms with van der Waals surface area (Å²) in [6, 6.07) is 14.8. The van der Waals surface area contributed by atoms with E-state index in [2.05, 4.69) is 5.32 Å². The summed E-state index contributed by atoms with van der Waals surface area (Å²) in [7, 11) is 0. The lowest BCUT2D eigenvalue weighted by molar-refractivity contribution is -0.129. The average Bonchev–Trinajstić information content (AvgIpc) is 2.79. The van der Waals surface area contributed by atoms with Crippen LogP contribution in [-0.4, -0.2) is 34.4 Å². The third kappa shape index (κ3) is 4.17. The fourth-order valence-electron chi connectivity index (χ4n) is 3.97. The molecule has 1 heterocycles. The maximum atomic E-state index is 13.6. The molecule has 0 aromatic heterocycles. The largest absolute Gasteiger partial charge is 0.355 e. The van der Waals surface area contributed by atoms with Crippen molar-refractivity contribution >= 4 is 39.9 Å². The van der Waals surface area contributed by atoms with Crippen LogP contribution in [-0.2, 0) is 4.79 Å². The van der Waals surface area contributed by atoms with Crippen molar-refractivity contribution in [1.82, 2.24) is 10.4 Å². The molecule has 1 aliphatic rings. The maximum absolute atomic E-state index is 13.6. The highest BCUT2D eigenvalue weighted by atomic mass is 19.1. The molecule has 0 saturated heterocycles. The van der Waals surface area contributed by atoms with E-state index >= 15 is 0 Å². The topological polar surface area (TPSA) is 98.7 Å². The second kappa shape index (κ2) is 9.15. The zero-order chi connectivity index (χ0) is 22.7. The molecule has 0 bridgehead atoms. The number of halogens is 1. The molecule has 0 unspecified atom stereocenters. The zero-order valence-corrected chi connectivity index (χ0v) is 17.2. The van der Waals surface area contributed by atoms with Crippen LogP contribution in [0.3, 0.4) is 0 Å². The quantitative estimate of drug-likeness (QED) is 0.211. The first-order valence-electron chi connectivity index (χ1n) is 10.4. The second-order valence-electron chi connectivity index (χ2n) is 7.63. The third-order valence-electron chi connectivity index (χ3n) is 5.51. The number of rotatable bonds is 8. The van der Waals surface area contributed by atoms with Crippen LogP contribution < -0.4 is 10.8 Å². The molecule has 0 radical (unpaired) electrons. The van der Waals surface area contributed by atoms with Crippen LogP contribution in [0.4, 0.5) is 15.8 Å². The van der Waals surface area contributed by atoms with Gasteiger partial charge in [-0.2, -0.15) is 0 Å². The molecular formula is C24H22FN3O4. The van der Waals surface area contributed by atoms with E-state index in [1.54, 1.807) is 41.9 Å². The third-order valence-corrected chi connectivity index (χ3v) is 5.51. The summed E-state index contributed by atoms with van der Waals surface area (Å²) in [5, 5.41) is 13.0. The van der Waals surface area contributed by atoms with E-state index in [0.717, 1.165) is 0 Å². The van der Waals surface area contributed by atoms with Gasteiger partial charge in [-0.15, -0.1) is 0 Å². The van der Waals surface area contributed by atoms with Crippen LogP contribution in [0, 0.1) is 5.82 Å². The van der Waals surface area contributed by atoms with Gasteiger partial charge in [-0.25, -0.2) is 9.87 Å². The highest BCUT2D eigenvalue weighted by Crippen LogP contribution is 2.35. The smallest absolute Gasteiger partial charge is 0.261 e. The first-order chi connectivity index (χ1) is 15.5. The number of hydroxylamine groups is 1. The van der Waals surface area contributed by atoms with Crippen LogP contribution in [0.15, 0.2) is 54.6 Å². The summed E-state index contributed by atoms with van der Waals surface area (Å²) in [6.45, 7) is 0.248. The van der Waals surface area contributed by atoms with Crippen LogP contribution in [0.25, 0.3) is 10.8 Å². The molecule has 0 spiro atoms. The van der Waals surface area contributed by atoms with E-state index in [1.807, 2.05) is 6.07 Å². The number of nitrogens with zero attached hydrogens (tertiary/aromatic N) is 1. The zero-order valence-electron chi connectivity index (χ0n) is 17.2. The second-order valence-corrected chi connectivity index (χ2v) is 7.63. The maximum Gasteiger partial charge on any atom is 0.261 e. The summed E-state index contributed by atoms with van der Waals surface area (Å²) >= 11 is 0. The fraction of sp³-hybridized carbons (Fsp3) is 0.208. The number of unbranched alkanes of at least 4 members (excludes halogenated alkanes) is 2. The van der Waals surface area contributed by atoms with Gasteiger partial charge in [-0.3, -0.25) is 24.5 Å². The van der Waals surface area contributed by atoms with Crippen molar-refractivity contribution in [3.05, 3.63) is 71.5 Å². The van der Waals surface area contributed by atoms with E-state index in [0.29, 0.717) is 52.5 Å². The Morgan fingerprint density at radius 1 is 0.938 bits per heavy atom. The van der Waals surface area contributed by atoms with Gasteiger partial charge in [0.2, 0.25) is 5.91 Å². The Hall–Kier alpha value is -3.78. The Kier molecular flexibility index (Phi) is 6.13. The standard InChI is InChI=1S/C24H22FN3O4/c25-15-6-4-7-16(14-15)26-20-12-11-19-22-17(20)8-5-9-18(22)23(30)28(24(19)31)13-3-1-2-10-21(29)27-32/h4-9,11-12,14,26,32H,1-3,10,13H2,(H,27,29). The molecule has 0 fully saturated rings. The van der Waals surface area contributed by atoms with E-state index in [9.17, 15) is 18.8 Å². The molecule has 3 amide bonds. The van der Waals surface area contributed by atoms with E-state index in [1.165, 1.54) is 17.0 Å². The molecule has 4 rings (SSSR count). The van der Waals surface area contributed by atoms with Crippen molar-refractivity contribution in [2.75, 3.05) is 11.9 Å². The van der Waals surface area contributed by atoms with E-state index in [-0.39, 0.29) is 30.6 Å². The fourth-order valence-corrected chi connectivity index (χ4v) is 3.97. The van der Waals surface area contributed by atoms with Gasteiger partial charge in [0.05, 0.1) is 0 Å². The van der Waals surface area contributed by atoms with E-state index < -0.39 is 5.91 Å². The number of carbonyl (C=O) groups is 3. The molecular weight excluding hydrogens is 413 g/mol. The molecule has 8 heteroatoms. The summed E-state index contributed by atoms with van der Waals surface area (Å²) in [5.41, 5.74) is 3.71. The highest BCUT2D eigenvalue weighted by Gasteiger charge is 2.32. The minimum absolute atomic E-state index is 0.182. The lowest BCUT2D eigenvalue weighted by Crippen LogP contribution is -2.40. The van der Waals surface area contributed by atoms with Crippen LogP contribution in [0.1, 0.15) is 46.4 Å². The molecule has 3 N–H and O–H groups in total. The molecule has 3 aromatic carbocycles. The van der Waals surface area contributed by atoms with Gasteiger partial charge in [0.1, 0.15) is 5.82 Å². The number of hydrogen-bond donors (Lipinski definition) is 3. The number of carbonyl (C=O) groups excluding carboxylic acids is 3. The summed E-state index contributed by atoms with van der Waals surface area (Å²) in [5.74, 6) is -1.54. The molecule has 0 saturated carbocycles. The van der Waals surface area contributed by atoms with Crippen LogP contribution >= 0.6 is 0 Å². The molecule has 0 aliphatic carbocycles. The van der Waals surface area contributed by atoms with Gasteiger partial charge < -0.3 is 5.32 Å². The van der Waals surface area contributed by atoms with Gasteiger partial charge >= 0.3 is 0 Å². The van der Waals surface area contributed by atoms with Gasteiger partial charge in [0, 0.05) is 46.2 Å². The van der Waals surface area contributed by atoms with Gasteiger partial charge in [-0.05, 0) is 49.2 Å². The average molecular weight is 435 g/mol. The van der Waals surface area contributed by atoms with Crippen LogP contribution in [0.5, 0.6) is 0 Å². The van der Waals surface area contributed by atoms with Gasteiger partial charge in [0.25, 0.3) is 11.8 Å². The Labute approximate surface area is 183 Å². The summed E-state index contributed by atoms with van der Waals surface area (Å²) < 4.78 is 13.6.